The van der Waals surface area contributed by atoms with E-state index in [9.17, 15) is 8.78 Å². The summed E-state index contributed by atoms with van der Waals surface area (Å²) >= 11 is 0. The van der Waals surface area contributed by atoms with Gasteiger partial charge in [-0.25, -0.2) is 13.8 Å². The molecule has 1 aromatic heterocycles. The van der Waals surface area contributed by atoms with Gasteiger partial charge in [0.05, 0.1) is 12.3 Å². The fourth-order valence-corrected chi connectivity index (χ4v) is 3.60. The second-order valence-electron chi connectivity index (χ2n) is 6.44. The molecule has 0 radical (unpaired) electrons. The third-order valence-electron chi connectivity index (χ3n) is 4.83. The average Bonchev–Trinajstić information content (AvgIpc) is 3.03. The lowest BCUT2D eigenvalue weighted by Crippen LogP contribution is -2.24. The number of hydrogen-bond donors (Lipinski definition) is 1. The molecule has 0 saturated heterocycles. The first-order valence-electron chi connectivity index (χ1n) is 8.47. The Morgan fingerprint density at radius 2 is 1.88 bits per heavy atom. The van der Waals surface area contributed by atoms with E-state index in [0.29, 0.717) is 18.3 Å². The smallest absolute Gasteiger partial charge is 0.168 e. The summed E-state index contributed by atoms with van der Waals surface area (Å²) in [5.74, 6) is -0.967. The normalized spacial score (nSPS) is 17.5. The Bertz CT molecular complexity index is 795. The number of fused-ring (bicyclic) bond motifs is 1. The number of aliphatic imine (C=N–C) groups is 1. The summed E-state index contributed by atoms with van der Waals surface area (Å²) in [5.41, 5.74) is 2.51. The lowest BCUT2D eigenvalue weighted by molar-refractivity contribution is 0.462. The van der Waals surface area contributed by atoms with Crippen molar-refractivity contribution in [3.8, 4) is 0 Å². The summed E-state index contributed by atoms with van der Waals surface area (Å²) in [6, 6.07) is 6.49. The molecule has 3 nitrogen and oxygen atoms in total. The predicted molar refractivity (Wildman–Crippen MR) is 90.4 cm³/mol. The maximum absolute atomic E-state index is 14.2. The van der Waals surface area contributed by atoms with Gasteiger partial charge in [-0.05, 0) is 36.6 Å². The van der Waals surface area contributed by atoms with Gasteiger partial charge < -0.3 is 5.32 Å². The predicted octanol–water partition coefficient (Wildman–Crippen LogP) is 4.46. The molecule has 1 aliphatic carbocycles. The van der Waals surface area contributed by atoms with E-state index in [1.165, 1.54) is 25.3 Å². The van der Waals surface area contributed by atoms with E-state index >= 15 is 0 Å². The molecule has 0 unspecified atom stereocenters. The van der Waals surface area contributed by atoms with Crippen LogP contribution in [0, 0.1) is 11.6 Å². The first-order chi connectivity index (χ1) is 11.7. The van der Waals surface area contributed by atoms with Crippen molar-refractivity contribution in [3.05, 3.63) is 58.8 Å². The summed E-state index contributed by atoms with van der Waals surface area (Å²) in [7, 11) is 0. The standard InChI is InChI=1S/C19H19F2N3/c20-15-8-4-7-14(17(15)21)18-16-12(11-23-18)9-10-22-19(16)24-13-5-2-1-3-6-13/h4,7-10,13H,1-3,5-6,11H2,(H,22,24). The van der Waals surface area contributed by atoms with Crippen LogP contribution in [0.15, 0.2) is 35.5 Å². The number of aromatic nitrogens is 1. The van der Waals surface area contributed by atoms with E-state index in [0.717, 1.165) is 35.9 Å². The molecular formula is C19H19F2N3. The lowest BCUT2D eigenvalue weighted by atomic mass is 9.94. The van der Waals surface area contributed by atoms with Gasteiger partial charge in [0.2, 0.25) is 0 Å². The van der Waals surface area contributed by atoms with Crippen molar-refractivity contribution in [2.24, 2.45) is 4.99 Å². The van der Waals surface area contributed by atoms with Crippen LogP contribution in [-0.2, 0) is 6.54 Å². The molecular weight excluding hydrogens is 308 g/mol. The number of benzene rings is 1. The quantitative estimate of drug-likeness (QED) is 0.904. The van der Waals surface area contributed by atoms with Gasteiger partial charge in [0.1, 0.15) is 5.82 Å². The van der Waals surface area contributed by atoms with Crippen LogP contribution in [0.1, 0.15) is 48.8 Å². The molecule has 2 aliphatic rings. The number of hydrogen-bond acceptors (Lipinski definition) is 3. The van der Waals surface area contributed by atoms with Crippen LogP contribution in [0.2, 0.25) is 0 Å². The number of nitrogens with one attached hydrogen (secondary N) is 1. The molecule has 4 rings (SSSR count). The summed E-state index contributed by atoms with van der Waals surface area (Å²) in [6.45, 7) is 0.475. The summed E-state index contributed by atoms with van der Waals surface area (Å²) in [6.07, 6.45) is 7.70. The molecule has 0 spiro atoms. The van der Waals surface area contributed by atoms with Crippen molar-refractivity contribution in [1.82, 2.24) is 4.98 Å². The second-order valence-corrected chi connectivity index (χ2v) is 6.44. The first kappa shape index (κ1) is 15.2. The third-order valence-corrected chi connectivity index (χ3v) is 4.83. The third kappa shape index (κ3) is 2.68. The van der Waals surface area contributed by atoms with Crippen LogP contribution in [0.25, 0.3) is 0 Å². The summed E-state index contributed by atoms with van der Waals surface area (Å²) in [4.78, 5) is 8.92. The highest BCUT2D eigenvalue weighted by atomic mass is 19.2. The average molecular weight is 327 g/mol. The molecule has 0 bridgehead atoms. The molecule has 2 aromatic rings. The zero-order chi connectivity index (χ0) is 16.5. The van der Waals surface area contributed by atoms with Crippen LogP contribution in [-0.4, -0.2) is 16.7 Å². The minimum absolute atomic E-state index is 0.202. The second kappa shape index (κ2) is 6.30. The van der Waals surface area contributed by atoms with Crippen LogP contribution in [0.4, 0.5) is 14.6 Å². The zero-order valence-electron chi connectivity index (χ0n) is 13.4. The first-order valence-corrected chi connectivity index (χ1v) is 8.47. The Morgan fingerprint density at radius 1 is 1.04 bits per heavy atom. The topological polar surface area (TPSA) is 37.3 Å². The van der Waals surface area contributed by atoms with E-state index in [1.807, 2.05) is 6.07 Å². The monoisotopic (exact) mass is 327 g/mol. The molecule has 1 aromatic carbocycles. The fraction of sp³-hybridized carbons (Fsp3) is 0.368. The minimum atomic E-state index is -0.852. The molecule has 1 N–H and O–H groups in total. The number of rotatable bonds is 3. The van der Waals surface area contributed by atoms with Crippen molar-refractivity contribution in [2.75, 3.05) is 5.32 Å². The van der Waals surface area contributed by atoms with E-state index in [-0.39, 0.29) is 5.56 Å². The van der Waals surface area contributed by atoms with Crippen LogP contribution < -0.4 is 5.32 Å². The van der Waals surface area contributed by atoms with E-state index in [1.54, 1.807) is 12.3 Å². The van der Waals surface area contributed by atoms with Crippen LogP contribution in [0.3, 0.4) is 0 Å². The van der Waals surface area contributed by atoms with Gasteiger partial charge in [0, 0.05) is 23.4 Å². The van der Waals surface area contributed by atoms with Crippen molar-refractivity contribution >= 4 is 11.5 Å². The van der Waals surface area contributed by atoms with Gasteiger partial charge in [0.15, 0.2) is 11.6 Å². The molecule has 24 heavy (non-hydrogen) atoms. The number of halogens is 2. The Balaban J connectivity index is 1.72. The van der Waals surface area contributed by atoms with Crippen LogP contribution >= 0.6 is 0 Å². The van der Waals surface area contributed by atoms with Crippen LogP contribution in [0.5, 0.6) is 0 Å². The van der Waals surface area contributed by atoms with E-state index in [4.69, 9.17) is 0 Å². The van der Waals surface area contributed by atoms with Gasteiger partial charge in [0.25, 0.3) is 0 Å². The minimum Gasteiger partial charge on any atom is -0.367 e. The molecule has 0 amide bonds. The van der Waals surface area contributed by atoms with Gasteiger partial charge in [-0.15, -0.1) is 0 Å². The Hall–Kier alpha value is -2.30. The maximum Gasteiger partial charge on any atom is 0.168 e. The number of nitrogens with zero attached hydrogens (tertiary/aromatic N) is 2. The van der Waals surface area contributed by atoms with Crippen molar-refractivity contribution in [1.29, 1.82) is 0 Å². The molecule has 1 saturated carbocycles. The zero-order valence-corrected chi connectivity index (χ0v) is 13.4. The highest BCUT2D eigenvalue weighted by Crippen LogP contribution is 2.31. The molecule has 1 aliphatic heterocycles. The lowest BCUT2D eigenvalue weighted by Gasteiger charge is -2.24. The highest BCUT2D eigenvalue weighted by Gasteiger charge is 2.26. The van der Waals surface area contributed by atoms with Crippen molar-refractivity contribution in [2.45, 2.75) is 44.7 Å². The summed E-state index contributed by atoms with van der Waals surface area (Å²) in [5, 5.41) is 3.51. The summed E-state index contributed by atoms with van der Waals surface area (Å²) < 4.78 is 27.9. The van der Waals surface area contributed by atoms with Crippen molar-refractivity contribution < 1.29 is 8.78 Å². The Labute approximate surface area is 139 Å². The highest BCUT2D eigenvalue weighted by molar-refractivity contribution is 6.17. The molecule has 1 fully saturated rings. The fourth-order valence-electron chi connectivity index (χ4n) is 3.60. The van der Waals surface area contributed by atoms with Gasteiger partial charge in [-0.2, -0.15) is 0 Å². The molecule has 5 heteroatoms. The number of pyridine rings is 1. The molecule has 0 atom stereocenters. The Kier molecular flexibility index (Phi) is 4.00. The molecule has 124 valence electrons. The van der Waals surface area contributed by atoms with Gasteiger partial charge >= 0.3 is 0 Å². The Morgan fingerprint density at radius 3 is 2.71 bits per heavy atom. The molecule has 2 heterocycles. The van der Waals surface area contributed by atoms with E-state index in [2.05, 4.69) is 15.3 Å². The van der Waals surface area contributed by atoms with Crippen molar-refractivity contribution in [3.63, 3.8) is 0 Å². The number of anilines is 1. The SMILES string of the molecule is Fc1cccc(C2=NCc3ccnc(NC4CCCCC4)c32)c1F. The van der Waals surface area contributed by atoms with E-state index < -0.39 is 11.6 Å². The van der Waals surface area contributed by atoms with Gasteiger partial charge in [-0.1, -0.05) is 25.3 Å². The maximum atomic E-state index is 14.2. The largest absolute Gasteiger partial charge is 0.367 e. The van der Waals surface area contributed by atoms with Gasteiger partial charge in [-0.3, -0.25) is 4.99 Å².